The summed E-state index contributed by atoms with van der Waals surface area (Å²) in [5.41, 5.74) is 5.64. The van der Waals surface area contributed by atoms with Crippen LogP contribution < -0.4 is 11.1 Å². The minimum Gasteiger partial charge on any atom is -0.384 e. The Bertz CT molecular complexity index is 355. The molecular weight excluding hydrogens is 184 g/mol. The number of H-pyrrole nitrogens is 1. The molecule has 7 nitrogen and oxygen atoms in total. The van der Waals surface area contributed by atoms with Crippen molar-refractivity contribution in [2.45, 2.75) is 0 Å². The molecule has 76 valence electrons. The molecule has 0 aromatic carbocycles. The molecule has 1 aromatic rings. The molecule has 5 N–H and O–H groups in total. The molecule has 0 radical (unpaired) electrons. The van der Waals surface area contributed by atoms with Gasteiger partial charge < -0.3 is 10.6 Å². The van der Waals surface area contributed by atoms with Gasteiger partial charge in [-0.05, 0) is 0 Å². The molecule has 0 saturated heterocycles. The molecule has 0 saturated carbocycles. The summed E-state index contributed by atoms with van der Waals surface area (Å²) in [6.07, 6.45) is 1.38. The maximum absolute atomic E-state index is 11.2. The van der Waals surface area contributed by atoms with Crippen molar-refractivity contribution in [3.8, 4) is 0 Å². The third-order valence-corrected chi connectivity index (χ3v) is 1.57. The van der Waals surface area contributed by atoms with Gasteiger partial charge in [-0.1, -0.05) is 0 Å². The molecule has 14 heavy (non-hydrogen) atoms. The zero-order valence-electron chi connectivity index (χ0n) is 7.96. The molecule has 0 unspecified atom stereocenters. The minimum absolute atomic E-state index is 0.146. The Kier molecular flexibility index (Phi) is 2.70. The number of hydrogen-bond acceptors (Lipinski definition) is 3. The Morgan fingerprint density at radius 2 is 2.36 bits per heavy atom. The maximum atomic E-state index is 11.2. The number of urea groups is 1. The van der Waals surface area contributed by atoms with E-state index < -0.39 is 0 Å². The Morgan fingerprint density at radius 1 is 1.71 bits per heavy atom. The third kappa shape index (κ3) is 2.00. The lowest BCUT2D eigenvalue weighted by molar-refractivity contribution is 0.230. The lowest BCUT2D eigenvalue weighted by atomic mass is 10.3. The topological polar surface area (TPSA) is 111 Å². The lowest BCUT2D eigenvalue weighted by Gasteiger charge is -2.11. The van der Waals surface area contributed by atoms with E-state index in [1.165, 1.54) is 11.1 Å². The van der Waals surface area contributed by atoms with Crippen LogP contribution >= 0.6 is 0 Å². The number of nitrogen functional groups attached to an aromatic ring is 1. The van der Waals surface area contributed by atoms with Crippen LogP contribution in [0.3, 0.4) is 0 Å². The number of rotatable bonds is 2. The van der Waals surface area contributed by atoms with Gasteiger partial charge in [-0.25, -0.2) is 4.79 Å². The minimum atomic E-state index is -0.309. The molecule has 7 heteroatoms. The number of amidine groups is 1. The smallest absolute Gasteiger partial charge is 0.322 e. The number of aromatic nitrogens is 2. The van der Waals surface area contributed by atoms with Crippen LogP contribution in [0.5, 0.6) is 0 Å². The first-order valence-electron chi connectivity index (χ1n) is 3.88. The molecule has 0 spiro atoms. The van der Waals surface area contributed by atoms with E-state index >= 15 is 0 Å². The highest BCUT2D eigenvalue weighted by molar-refractivity contribution is 6.02. The number of hydrogen-bond donors (Lipinski definition) is 4. The summed E-state index contributed by atoms with van der Waals surface area (Å²) in [6, 6.07) is -0.309. The second-order valence-electron chi connectivity index (χ2n) is 2.90. The molecule has 1 aromatic heterocycles. The predicted octanol–water partition coefficient (Wildman–Crippen LogP) is -0.213. The largest absolute Gasteiger partial charge is 0.384 e. The molecule has 1 heterocycles. The number of nitrogens with one attached hydrogen (secondary N) is 3. The highest BCUT2D eigenvalue weighted by atomic mass is 16.2. The summed E-state index contributed by atoms with van der Waals surface area (Å²) in [5, 5.41) is 15.9. The summed E-state index contributed by atoms with van der Waals surface area (Å²) in [6.45, 7) is 0. The second kappa shape index (κ2) is 3.77. The van der Waals surface area contributed by atoms with E-state index in [-0.39, 0.29) is 11.9 Å². The van der Waals surface area contributed by atoms with Crippen LogP contribution in [0.25, 0.3) is 0 Å². The Hall–Kier alpha value is -2.05. The molecule has 2 amide bonds. The first-order valence-corrected chi connectivity index (χ1v) is 3.88. The highest BCUT2D eigenvalue weighted by Gasteiger charge is 2.11. The van der Waals surface area contributed by atoms with Crippen LogP contribution in [0.2, 0.25) is 0 Å². The SMILES string of the molecule is CN(C)C(=O)Nc1[nH]ncc1C(=N)N. The van der Waals surface area contributed by atoms with Crippen LogP contribution in [0.1, 0.15) is 5.56 Å². The second-order valence-corrected chi connectivity index (χ2v) is 2.90. The number of carbonyl (C=O) groups excluding carboxylic acids is 1. The fourth-order valence-electron chi connectivity index (χ4n) is 0.804. The monoisotopic (exact) mass is 196 g/mol. The van der Waals surface area contributed by atoms with Crippen molar-refractivity contribution in [2.75, 3.05) is 19.4 Å². The number of amides is 2. The van der Waals surface area contributed by atoms with Crippen LogP contribution in [0, 0.1) is 5.41 Å². The average Bonchev–Trinajstić information content (AvgIpc) is 2.52. The van der Waals surface area contributed by atoms with Gasteiger partial charge in [-0.3, -0.25) is 15.8 Å². The molecule has 0 aliphatic heterocycles. The number of nitrogens with two attached hydrogens (primary N) is 1. The molecule has 0 bridgehead atoms. The number of anilines is 1. The van der Waals surface area contributed by atoms with Gasteiger partial charge in [0.05, 0.1) is 11.8 Å². The third-order valence-electron chi connectivity index (χ3n) is 1.57. The van der Waals surface area contributed by atoms with Crippen LogP contribution in [0.4, 0.5) is 10.6 Å². The molecule has 0 aliphatic carbocycles. The van der Waals surface area contributed by atoms with Crippen molar-refractivity contribution >= 4 is 17.7 Å². The quantitative estimate of drug-likeness (QED) is 0.388. The lowest BCUT2D eigenvalue weighted by Crippen LogP contribution is -2.28. The zero-order valence-corrected chi connectivity index (χ0v) is 7.96. The maximum Gasteiger partial charge on any atom is 0.322 e. The number of aromatic amines is 1. The molecule has 0 fully saturated rings. The Labute approximate surface area is 80.8 Å². The molecule has 1 rings (SSSR count). The summed E-state index contributed by atoms with van der Waals surface area (Å²) >= 11 is 0. The zero-order chi connectivity index (χ0) is 10.7. The van der Waals surface area contributed by atoms with Gasteiger partial charge in [0.2, 0.25) is 0 Å². The highest BCUT2D eigenvalue weighted by Crippen LogP contribution is 2.09. The molecule has 0 atom stereocenters. The van der Waals surface area contributed by atoms with Crippen molar-refractivity contribution in [1.29, 1.82) is 5.41 Å². The number of nitrogens with zero attached hydrogens (tertiary/aromatic N) is 2. The summed E-state index contributed by atoms with van der Waals surface area (Å²) in [5.74, 6) is 0.184. The molecule has 0 aliphatic rings. The van der Waals surface area contributed by atoms with E-state index in [2.05, 4.69) is 15.5 Å². The van der Waals surface area contributed by atoms with Crippen molar-refractivity contribution < 1.29 is 4.79 Å². The first-order chi connectivity index (χ1) is 6.52. The van der Waals surface area contributed by atoms with E-state index in [1.807, 2.05) is 0 Å². The van der Waals surface area contributed by atoms with Crippen LogP contribution in [-0.2, 0) is 0 Å². The van der Waals surface area contributed by atoms with Crippen LogP contribution in [-0.4, -0.2) is 41.1 Å². The van der Waals surface area contributed by atoms with Gasteiger partial charge in [0.25, 0.3) is 0 Å². The van der Waals surface area contributed by atoms with E-state index in [9.17, 15) is 4.79 Å². The van der Waals surface area contributed by atoms with Crippen molar-refractivity contribution in [1.82, 2.24) is 15.1 Å². The van der Waals surface area contributed by atoms with Gasteiger partial charge in [0.15, 0.2) is 0 Å². The fourth-order valence-corrected chi connectivity index (χ4v) is 0.804. The summed E-state index contributed by atoms with van der Waals surface area (Å²) in [4.78, 5) is 12.6. The van der Waals surface area contributed by atoms with Crippen LogP contribution in [0.15, 0.2) is 6.20 Å². The standard InChI is InChI=1S/C7H12N6O/c1-13(2)7(14)11-6-4(5(8)9)3-10-12-6/h3H,1-2H3,(H3,8,9)(H2,10,11,12,14). The normalized spacial score (nSPS) is 9.57. The van der Waals surface area contributed by atoms with E-state index in [0.717, 1.165) is 0 Å². The van der Waals surface area contributed by atoms with Crippen molar-refractivity contribution in [3.05, 3.63) is 11.8 Å². The van der Waals surface area contributed by atoms with Gasteiger partial charge in [0, 0.05) is 14.1 Å². The summed E-state index contributed by atoms with van der Waals surface area (Å²) in [7, 11) is 3.22. The summed E-state index contributed by atoms with van der Waals surface area (Å²) < 4.78 is 0. The Morgan fingerprint density at radius 3 is 2.86 bits per heavy atom. The van der Waals surface area contributed by atoms with Gasteiger partial charge in [-0.2, -0.15) is 5.10 Å². The van der Waals surface area contributed by atoms with Crippen molar-refractivity contribution in [2.24, 2.45) is 5.73 Å². The predicted molar refractivity (Wildman–Crippen MR) is 52.3 cm³/mol. The molecular formula is C7H12N6O. The van der Waals surface area contributed by atoms with E-state index in [1.54, 1.807) is 14.1 Å². The fraction of sp³-hybridized carbons (Fsp3) is 0.286. The van der Waals surface area contributed by atoms with E-state index in [0.29, 0.717) is 11.4 Å². The van der Waals surface area contributed by atoms with Gasteiger partial charge in [0.1, 0.15) is 11.7 Å². The first kappa shape index (κ1) is 10.0. The van der Waals surface area contributed by atoms with Crippen molar-refractivity contribution in [3.63, 3.8) is 0 Å². The van der Waals surface area contributed by atoms with Gasteiger partial charge in [-0.15, -0.1) is 0 Å². The number of carbonyl (C=O) groups is 1. The average molecular weight is 196 g/mol. The van der Waals surface area contributed by atoms with Gasteiger partial charge >= 0.3 is 6.03 Å². The Balaban J connectivity index is 2.82. The van der Waals surface area contributed by atoms with E-state index in [4.69, 9.17) is 11.1 Å².